The number of carbonyl (C=O) groups excluding carboxylic acids is 1. The average molecular weight is 390 g/mol. The summed E-state index contributed by atoms with van der Waals surface area (Å²) in [6.07, 6.45) is 1.05. The molecule has 6 nitrogen and oxygen atoms in total. The number of halogens is 1. The zero-order valence-corrected chi connectivity index (χ0v) is 16.7. The number of para-hydroxylation sites is 1. The molecule has 0 spiro atoms. The third-order valence-corrected chi connectivity index (χ3v) is 3.96. The van der Waals surface area contributed by atoms with Crippen molar-refractivity contribution in [3.05, 3.63) is 53.1 Å². The van der Waals surface area contributed by atoms with Gasteiger partial charge in [-0.3, -0.25) is 10.2 Å². The van der Waals surface area contributed by atoms with Gasteiger partial charge in [0, 0.05) is 14.1 Å². The van der Waals surface area contributed by atoms with Gasteiger partial charge in [-0.05, 0) is 49.7 Å². The molecule has 144 valence electrons. The Morgan fingerprint density at radius 1 is 1.26 bits per heavy atom. The number of nitrogens with one attached hydrogen (secondary N) is 1. The second-order valence-electron chi connectivity index (χ2n) is 5.98. The largest absolute Gasteiger partial charge is 0.490 e. The molecule has 0 aliphatic carbocycles. The van der Waals surface area contributed by atoms with Crippen LogP contribution < -0.4 is 14.9 Å². The van der Waals surface area contributed by atoms with Gasteiger partial charge in [0.25, 0.3) is 5.91 Å². The van der Waals surface area contributed by atoms with Crippen LogP contribution in [0.25, 0.3) is 0 Å². The van der Waals surface area contributed by atoms with Gasteiger partial charge in [0.2, 0.25) is 0 Å². The van der Waals surface area contributed by atoms with Crippen LogP contribution in [0.1, 0.15) is 19.4 Å². The SMILES string of the molecule is CCOc1cc(/C=N\Nc2ccccc2Cl)ccc1O[C@H](C)C(=O)N(C)C. The smallest absolute Gasteiger partial charge is 0.262 e. The minimum atomic E-state index is -0.611. The molecule has 0 saturated carbocycles. The first-order valence-corrected chi connectivity index (χ1v) is 8.98. The number of amides is 1. The van der Waals surface area contributed by atoms with Crippen molar-refractivity contribution in [2.24, 2.45) is 5.10 Å². The first-order valence-electron chi connectivity index (χ1n) is 8.60. The summed E-state index contributed by atoms with van der Waals surface area (Å²) in [7, 11) is 3.38. The lowest BCUT2D eigenvalue weighted by Gasteiger charge is -2.20. The summed E-state index contributed by atoms with van der Waals surface area (Å²) in [5, 5.41) is 4.79. The summed E-state index contributed by atoms with van der Waals surface area (Å²) in [4.78, 5) is 13.5. The van der Waals surface area contributed by atoms with Crippen molar-refractivity contribution in [1.29, 1.82) is 0 Å². The molecule has 0 aromatic heterocycles. The monoisotopic (exact) mass is 389 g/mol. The van der Waals surface area contributed by atoms with E-state index in [0.717, 1.165) is 11.3 Å². The molecule has 2 aromatic carbocycles. The summed E-state index contributed by atoms with van der Waals surface area (Å²) in [6.45, 7) is 4.07. The number of hydrazone groups is 1. The third kappa shape index (κ3) is 5.89. The molecule has 2 aromatic rings. The maximum absolute atomic E-state index is 12.0. The maximum atomic E-state index is 12.0. The number of hydrogen-bond donors (Lipinski definition) is 1. The maximum Gasteiger partial charge on any atom is 0.262 e. The Morgan fingerprint density at radius 3 is 2.67 bits per heavy atom. The van der Waals surface area contributed by atoms with Gasteiger partial charge in [-0.2, -0.15) is 5.10 Å². The highest BCUT2D eigenvalue weighted by molar-refractivity contribution is 6.33. The minimum absolute atomic E-state index is 0.118. The van der Waals surface area contributed by atoms with E-state index < -0.39 is 6.10 Å². The molecule has 2 rings (SSSR count). The lowest BCUT2D eigenvalue weighted by molar-refractivity contribution is -0.135. The first kappa shape index (κ1) is 20.6. The van der Waals surface area contributed by atoms with Crippen LogP contribution in [-0.2, 0) is 4.79 Å². The molecule has 0 fully saturated rings. The van der Waals surface area contributed by atoms with E-state index in [1.165, 1.54) is 4.90 Å². The van der Waals surface area contributed by atoms with Gasteiger partial charge in [0.05, 0.1) is 23.5 Å². The van der Waals surface area contributed by atoms with E-state index >= 15 is 0 Å². The Labute approximate surface area is 164 Å². The summed E-state index contributed by atoms with van der Waals surface area (Å²) in [6, 6.07) is 12.8. The van der Waals surface area contributed by atoms with E-state index in [9.17, 15) is 4.79 Å². The number of nitrogens with zero attached hydrogens (tertiary/aromatic N) is 2. The molecule has 1 N–H and O–H groups in total. The number of anilines is 1. The topological polar surface area (TPSA) is 63.2 Å². The molecule has 0 aliphatic heterocycles. The summed E-state index contributed by atoms with van der Waals surface area (Å²) in [5.74, 6) is 0.945. The quantitative estimate of drug-likeness (QED) is 0.546. The van der Waals surface area contributed by atoms with E-state index in [4.69, 9.17) is 21.1 Å². The van der Waals surface area contributed by atoms with Gasteiger partial charge >= 0.3 is 0 Å². The number of carbonyl (C=O) groups is 1. The molecule has 1 amide bonds. The van der Waals surface area contributed by atoms with Crippen molar-refractivity contribution in [3.63, 3.8) is 0 Å². The number of likely N-dealkylation sites (N-methyl/N-ethyl adjacent to an activating group) is 1. The van der Waals surface area contributed by atoms with Crippen LogP contribution >= 0.6 is 11.6 Å². The molecule has 0 saturated heterocycles. The van der Waals surface area contributed by atoms with Crippen LogP contribution in [0.5, 0.6) is 11.5 Å². The fraction of sp³-hybridized carbons (Fsp3) is 0.300. The van der Waals surface area contributed by atoms with Crippen molar-refractivity contribution in [2.75, 3.05) is 26.1 Å². The highest BCUT2D eigenvalue weighted by Crippen LogP contribution is 2.29. The van der Waals surface area contributed by atoms with Crippen LogP contribution in [-0.4, -0.2) is 43.8 Å². The zero-order chi connectivity index (χ0) is 19.8. The van der Waals surface area contributed by atoms with Crippen molar-refractivity contribution >= 4 is 29.4 Å². The van der Waals surface area contributed by atoms with Gasteiger partial charge in [-0.15, -0.1) is 0 Å². The lowest BCUT2D eigenvalue weighted by atomic mass is 10.2. The van der Waals surface area contributed by atoms with Crippen molar-refractivity contribution < 1.29 is 14.3 Å². The summed E-state index contributed by atoms with van der Waals surface area (Å²) < 4.78 is 11.4. The van der Waals surface area contributed by atoms with Gasteiger partial charge in [0.1, 0.15) is 0 Å². The van der Waals surface area contributed by atoms with Crippen molar-refractivity contribution in [3.8, 4) is 11.5 Å². The number of ether oxygens (including phenoxy) is 2. The molecule has 27 heavy (non-hydrogen) atoms. The second-order valence-corrected chi connectivity index (χ2v) is 6.39. The van der Waals surface area contributed by atoms with Crippen LogP contribution in [0.3, 0.4) is 0 Å². The number of hydrogen-bond acceptors (Lipinski definition) is 5. The molecule has 0 unspecified atom stereocenters. The highest BCUT2D eigenvalue weighted by atomic mass is 35.5. The molecular weight excluding hydrogens is 366 g/mol. The minimum Gasteiger partial charge on any atom is -0.490 e. The third-order valence-electron chi connectivity index (χ3n) is 3.63. The van der Waals surface area contributed by atoms with Crippen LogP contribution in [0.15, 0.2) is 47.6 Å². The Morgan fingerprint density at radius 2 is 2.00 bits per heavy atom. The van der Waals surface area contributed by atoms with Crippen LogP contribution in [0.2, 0.25) is 5.02 Å². The first-order chi connectivity index (χ1) is 12.9. The van der Waals surface area contributed by atoms with Crippen LogP contribution in [0, 0.1) is 0 Å². The van der Waals surface area contributed by atoms with Gasteiger partial charge < -0.3 is 14.4 Å². The Bertz CT molecular complexity index is 809. The van der Waals surface area contributed by atoms with E-state index in [1.54, 1.807) is 39.4 Å². The summed E-state index contributed by atoms with van der Waals surface area (Å²) in [5.41, 5.74) is 4.44. The van der Waals surface area contributed by atoms with E-state index in [2.05, 4.69) is 10.5 Å². The van der Waals surface area contributed by atoms with Crippen molar-refractivity contribution in [1.82, 2.24) is 4.90 Å². The standard InChI is InChI=1S/C20H24ClN3O3/c1-5-26-19-12-15(13-22-23-17-9-7-6-8-16(17)21)10-11-18(19)27-14(2)20(25)24(3)4/h6-14,23H,5H2,1-4H3/b22-13-/t14-/m1/s1. The van der Waals surface area contributed by atoms with Crippen LogP contribution in [0.4, 0.5) is 5.69 Å². The van der Waals surface area contributed by atoms with Gasteiger partial charge in [0.15, 0.2) is 17.6 Å². The predicted octanol–water partition coefficient (Wildman–Crippen LogP) is 4.04. The van der Waals surface area contributed by atoms with E-state index in [1.807, 2.05) is 37.3 Å². The molecule has 7 heteroatoms. The highest BCUT2D eigenvalue weighted by Gasteiger charge is 2.18. The molecular formula is C20H24ClN3O3. The fourth-order valence-electron chi connectivity index (χ4n) is 2.30. The summed E-state index contributed by atoms with van der Waals surface area (Å²) >= 11 is 6.09. The van der Waals surface area contributed by atoms with Gasteiger partial charge in [-0.25, -0.2) is 0 Å². The molecule has 0 aliphatic rings. The normalized spacial score (nSPS) is 11.9. The molecule has 0 bridgehead atoms. The Hall–Kier alpha value is -2.73. The Balaban J connectivity index is 2.13. The second kappa shape index (κ2) is 9.83. The molecule has 0 heterocycles. The zero-order valence-electron chi connectivity index (χ0n) is 15.9. The molecule has 0 radical (unpaired) electrons. The van der Waals surface area contributed by atoms with Gasteiger partial charge in [-0.1, -0.05) is 23.7 Å². The average Bonchev–Trinajstić information content (AvgIpc) is 2.64. The van der Waals surface area contributed by atoms with E-state index in [0.29, 0.717) is 23.1 Å². The lowest BCUT2D eigenvalue weighted by Crippen LogP contribution is -2.35. The van der Waals surface area contributed by atoms with Crippen molar-refractivity contribution in [2.45, 2.75) is 20.0 Å². The molecule has 1 atom stereocenters. The Kier molecular flexibility index (Phi) is 7.49. The van der Waals surface area contributed by atoms with E-state index in [-0.39, 0.29) is 5.91 Å². The predicted molar refractivity (Wildman–Crippen MR) is 109 cm³/mol. The number of rotatable bonds is 8. The number of benzene rings is 2. The fourth-order valence-corrected chi connectivity index (χ4v) is 2.48.